The molecule has 0 spiro atoms. The lowest BCUT2D eigenvalue weighted by Crippen LogP contribution is -2.22. The van der Waals surface area contributed by atoms with Gasteiger partial charge in [0.05, 0.1) is 6.04 Å². The third-order valence-corrected chi connectivity index (χ3v) is 3.47. The van der Waals surface area contributed by atoms with Crippen molar-refractivity contribution in [3.63, 3.8) is 0 Å². The van der Waals surface area contributed by atoms with Crippen molar-refractivity contribution < 1.29 is 0 Å². The minimum absolute atomic E-state index is 0.0373. The van der Waals surface area contributed by atoms with Gasteiger partial charge in [0.15, 0.2) is 0 Å². The Bertz CT molecular complexity index is 537. The first-order valence-corrected chi connectivity index (χ1v) is 6.56. The fraction of sp³-hybridized carbons (Fsp3) is 0.308. The molecule has 1 aromatic heterocycles. The van der Waals surface area contributed by atoms with Gasteiger partial charge in [0.1, 0.15) is 5.82 Å². The molecule has 0 aliphatic carbocycles. The van der Waals surface area contributed by atoms with Crippen molar-refractivity contribution in [2.24, 2.45) is 0 Å². The number of nitrogens with one attached hydrogen (secondary N) is 1. The van der Waals surface area contributed by atoms with Crippen molar-refractivity contribution in [2.75, 3.05) is 7.05 Å². The predicted molar refractivity (Wildman–Crippen MR) is 75.3 cm³/mol. The molecule has 0 saturated carbocycles. The second-order valence-electron chi connectivity index (χ2n) is 3.96. The van der Waals surface area contributed by atoms with E-state index in [4.69, 9.17) is 23.2 Å². The van der Waals surface area contributed by atoms with E-state index in [1.165, 1.54) is 0 Å². The molecule has 0 fully saturated rings. The maximum Gasteiger partial charge on any atom is 0.130 e. The number of benzene rings is 1. The SMILES string of the molecule is CCn1ccnc1C(NC)c1ccc(Cl)cc1Cl. The van der Waals surface area contributed by atoms with Gasteiger partial charge < -0.3 is 9.88 Å². The molecule has 2 rings (SSSR count). The van der Waals surface area contributed by atoms with E-state index in [1.54, 1.807) is 12.3 Å². The number of hydrogen-bond donors (Lipinski definition) is 1. The van der Waals surface area contributed by atoms with Crippen LogP contribution in [-0.4, -0.2) is 16.6 Å². The summed E-state index contributed by atoms with van der Waals surface area (Å²) in [4.78, 5) is 4.41. The summed E-state index contributed by atoms with van der Waals surface area (Å²) in [6.45, 7) is 2.96. The van der Waals surface area contributed by atoms with Gasteiger partial charge in [-0.2, -0.15) is 0 Å². The molecule has 0 saturated heterocycles. The Morgan fingerprint density at radius 3 is 2.78 bits per heavy atom. The lowest BCUT2D eigenvalue weighted by atomic mass is 10.1. The molecule has 0 radical (unpaired) electrons. The van der Waals surface area contributed by atoms with Crippen LogP contribution < -0.4 is 5.32 Å². The van der Waals surface area contributed by atoms with Crippen molar-refractivity contribution in [3.8, 4) is 0 Å². The van der Waals surface area contributed by atoms with Gasteiger partial charge in [0.2, 0.25) is 0 Å². The first-order chi connectivity index (χ1) is 8.67. The van der Waals surface area contributed by atoms with Crippen LogP contribution in [0, 0.1) is 0 Å². The second kappa shape index (κ2) is 5.74. The summed E-state index contributed by atoms with van der Waals surface area (Å²) in [6.07, 6.45) is 3.76. The van der Waals surface area contributed by atoms with E-state index in [0.29, 0.717) is 10.0 Å². The highest BCUT2D eigenvalue weighted by Crippen LogP contribution is 2.29. The predicted octanol–water partition coefficient (Wildman–Crippen LogP) is 3.52. The van der Waals surface area contributed by atoms with Gasteiger partial charge in [0.25, 0.3) is 0 Å². The van der Waals surface area contributed by atoms with Crippen molar-refractivity contribution in [1.82, 2.24) is 14.9 Å². The topological polar surface area (TPSA) is 29.9 Å². The van der Waals surface area contributed by atoms with Gasteiger partial charge in [-0.25, -0.2) is 4.98 Å². The number of halogens is 2. The molecule has 0 amide bonds. The van der Waals surface area contributed by atoms with E-state index in [9.17, 15) is 0 Å². The van der Waals surface area contributed by atoms with E-state index in [1.807, 2.05) is 25.4 Å². The Morgan fingerprint density at radius 2 is 2.17 bits per heavy atom. The molecule has 2 aromatic rings. The lowest BCUT2D eigenvalue weighted by Gasteiger charge is -2.18. The smallest absolute Gasteiger partial charge is 0.130 e. The van der Waals surface area contributed by atoms with Gasteiger partial charge >= 0.3 is 0 Å². The van der Waals surface area contributed by atoms with E-state index >= 15 is 0 Å². The fourth-order valence-corrected chi connectivity index (χ4v) is 2.53. The molecule has 1 N–H and O–H groups in total. The molecule has 3 nitrogen and oxygen atoms in total. The second-order valence-corrected chi connectivity index (χ2v) is 4.80. The largest absolute Gasteiger partial charge is 0.334 e. The Hall–Kier alpha value is -1.03. The third-order valence-electron chi connectivity index (χ3n) is 2.91. The molecule has 1 unspecified atom stereocenters. The molecule has 5 heteroatoms. The molecule has 18 heavy (non-hydrogen) atoms. The summed E-state index contributed by atoms with van der Waals surface area (Å²) in [6, 6.07) is 5.49. The third kappa shape index (κ3) is 2.53. The number of aromatic nitrogens is 2. The Kier molecular flexibility index (Phi) is 4.27. The summed E-state index contributed by atoms with van der Waals surface area (Å²) in [7, 11) is 1.89. The number of aryl methyl sites for hydroxylation is 1. The van der Waals surface area contributed by atoms with Gasteiger partial charge in [-0.3, -0.25) is 0 Å². The Morgan fingerprint density at radius 1 is 1.39 bits per heavy atom. The molecule has 1 aromatic carbocycles. The zero-order valence-electron chi connectivity index (χ0n) is 10.3. The maximum atomic E-state index is 6.25. The average Bonchev–Trinajstić information content (AvgIpc) is 2.81. The summed E-state index contributed by atoms with van der Waals surface area (Å²) < 4.78 is 2.09. The van der Waals surface area contributed by atoms with Gasteiger partial charge in [-0.15, -0.1) is 0 Å². The Balaban J connectivity index is 2.45. The fourth-order valence-electron chi connectivity index (χ4n) is 2.01. The number of rotatable bonds is 4. The van der Waals surface area contributed by atoms with Crippen LogP contribution >= 0.6 is 23.2 Å². The van der Waals surface area contributed by atoms with E-state index in [2.05, 4.69) is 21.8 Å². The van der Waals surface area contributed by atoms with Gasteiger partial charge in [-0.1, -0.05) is 29.3 Å². The number of nitrogens with zero attached hydrogens (tertiary/aromatic N) is 2. The average molecular weight is 284 g/mol. The summed E-state index contributed by atoms with van der Waals surface area (Å²) in [5.41, 5.74) is 0.976. The summed E-state index contributed by atoms with van der Waals surface area (Å²) >= 11 is 12.2. The van der Waals surface area contributed by atoms with Crippen LogP contribution in [0.1, 0.15) is 24.4 Å². The molecule has 0 aliphatic rings. The highest BCUT2D eigenvalue weighted by atomic mass is 35.5. The van der Waals surface area contributed by atoms with Crippen molar-refractivity contribution >= 4 is 23.2 Å². The van der Waals surface area contributed by atoms with Crippen LogP contribution in [-0.2, 0) is 6.54 Å². The van der Waals surface area contributed by atoms with Gasteiger partial charge in [0, 0.05) is 29.0 Å². The maximum absolute atomic E-state index is 6.25. The van der Waals surface area contributed by atoms with Crippen LogP contribution in [0.25, 0.3) is 0 Å². The molecular weight excluding hydrogens is 269 g/mol. The van der Waals surface area contributed by atoms with Crippen molar-refractivity contribution in [3.05, 3.63) is 52.0 Å². The summed E-state index contributed by atoms with van der Waals surface area (Å²) in [5.74, 6) is 0.948. The standard InChI is InChI=1S/C13H15Cl2N3/c1-3-18-7-6-17-13(18)12(16-2)10-5-4-9(14)8-11(10)15/h4-8,12,16H,3H2,1-2H3. The van der Waals surface area contributed by atoms with Crippen LogP contribution in [0.3, 0.4) is 0 Å². The normalized spacial score (nSPS) is 12.7. The first-order valence-electron chi connectivity index (χ1n) is 5.80. The van der Waals surface area contributed by atoms with E-state index in [-0.39, 0.29) is 6.04 Å². The highest BCUT2D eigenvalue weighted by molar-refractivity contribution is 6.35. The minimum Gasteiger partial charge on any atom is -0.334 e. The minimum atomic E-state index is -0.0373. The Labute approximate surface area is 117 Å². The molecule has 1 atom stereocenters. The van der Waals surface area contributed by atoms with Crippen molar-refractivity contribution in [2.45, 2.75) is 19.5 Å². The highest BCUT2D eigenvalue weighted by Gasteiger charge is 2.19. The number of hydrogen-bond acceptors (Lipinski definition) is 2. The zero-order chi connectivity index (χ0) is 13.1. The zero-order valence-corrected chi connectivity index (χ0v) is 11.8. The van der Waals surface area contributed by atoms with Crippen LogP contribution in [0.5, 0.6) is 0 Å². The molecular formula is C13H15Cl2N3. The molecule has 0 aliphatic heterocycles. The van der Waals surface area contributed by atoms with E-state index < -0.39 is 0 Å². The first kappa shape index (κ1) is 13.4. The van der Waals surface area contributed by atoms with Crippen molar-refractivity contribution in [1.29, 1.82) is 0 Å². The summed E-state index contributed by atoms with van der Waals surface area (Å²) in [5, 5.41) is 4.53. The lowest BCUT2D eigenvalue weighted by molar-refractivity contribution is 0.590. The monoisotopic (exact) mass is 283 g/mol. The van der Waals surface area contributed by atoms with Gasteiger partial charge in [-0.05, 0) is 31.7 Å². The molecule has 96 valence electrons. The van der Waals surface area contributed by atoms with Crippen LogP contribution in [0.15, 0.2) is 30.6 Å². The van der Waals surface area contributed by atoms with Crippen LogP contribution in [0.2, 0.25) is 10.0 Å². The number of imidazole rings is 1. The van der Waals surface area contributed by atoms with E-state index in [0.717, 1.165) is 17.9 Å². The molecule has 1 heterocycles. The quantitative estimate of drug-likeness (QED) is 0.931. The van der Waals surface area contributed by atoms with Crippen LogP contribution in [0.4, 0.5) is 0 Å². The molecule has 0 bridgehead atoms.